The number of aromatic amines is 1. The highest BCUT2D eigenvalue weighted by Crippen LogP contribution is 2.23. The fourth-order valence-electron chi connectivity index (χ4n) is 2.97. The smallest absolute Gasteiger partial charge is 0.250 e. The van der Waals surface area contributed by atoms with Gasteiger partial charge in [0.05, 0.1) is 18.3 Å². The highest BCUT2D eigenvalue weighted by Gasteiger charge is 2.06. The van der Waals surface area contributed by atoms with Crippen molar-refractivity contribution in [2.45, 2.75) is 11.9 Å². The molecule has 4 aromatic rings. The first kappa shape index (κ1) is 15.8. The van der Waals surface area contributed by atoms with Gasteiger partial charge in [0.2, 0.25) is 0 Å². The van der Waals surface area contributed by atoms with Crippen LogP contribution in [0.15, 0.2) is 71.8 Å². The van der Waals surface area contributed by atoms with Crippen LogP contribution in [0.5, 0.6) is 0 Å². The number of fused-ring (bicyclic) bond motifs is 1. The van der Waals surface area contributed by atoms with Crippen LogP contribution in [0.25, 0.3) is 22.0 Å². The third-order valence-corrected chi connectivity index (χ3v) is 4.97. The monoisotopic (exact) mass is 393 g/mol. The number of halogens is 1. The maximum absolute atomic E-state index is 12.3. The summed E-state index contributed by atoms with van der Waals surface area (Å²) in [5, 5.41) is 8.89. The van der Waals surface area contributed by atoms with Gasteiger partial charge >= 0.3 is 0 Å². The van der Waals surface area contributed by atoms with Gasteiger partial charge in [0, 0.05) is 23.0 Å². The number of aromatic nitrogens is 3. The minimum absolute atomic E-state index is 0.00394. The summed E-state index contributed by atoms with van der Waals surface area (Å²) >= 11 is 3.51. The van der Waals surface area contributed by atoms with Crippen molar-refractivity contribution in [1.29, 1.82) is 0 Å². The Morgan fingerprint density at radius 1 is 1.00 bits per heavy atom. The van der Waals surface area contributed by atoms with Crippen LogP contribution in [0.1, 0.15) is 11.1 Å². The summed E-state index contributed by atoms with van der Waals surface area (Å²) in [5.41, 5.74) is 5.38. The lowest BCUT2D eigenvalue weighted by atomic mass is 10.1. The number of hydrogen-bond acceptors (Lipinski definition) is 2. The third kappa shape index (κ3) is 3.15. The Morgan fingerprint density at radius 3 is 2.64 bits per heavy atom. The van der Waals surface area contributed by atoms with Gasteiger partial charge in [-0.2, -0.15) is 5.10 Å². The van der Waals surface area contributed by atoms with E-state index in [2.05, 4.69) is 50.4 Å². The van der Waals surface area contributed by atoms with Crippen LogP contribution in [-0.2, 0) is 11.9 Å². The molecule has 5 heteroatoms. The summed E-state index contributed by atoms with van der Waals surface area (Å²) in [5.74, 6) is 0. The molecule has 0 saturated carbocycles. The van der Waals surface area contributed by atoms with Gasteiger partial charge in [0.1, 0.15) is 0 Å². The fraction of sp³-hybridized carbons (Fsp3) is 0.100. The van der Waals surface area contributed by atoms with E-state index in [1.165, 1.54) is 5.56 Å². The number of nitrogens with one attached hydrogen (secondary N) is 1. The summed E-state index contributed by atoms with van der Waals surface area (Å²) in [6.45, 7) is 0.556. The molecule has 0 saturated heterocycles. The molecule has 0 aliphatic heterocycles. The molecule has 0 radical (unpaired) electrons. The Bertz CT molecular complexity index is 1100. The standard InChI is InChI=1S/C20H16BrN3O/c21-10-15-3-1-2-4-17(15)12-24-13-18(7-8-20(24)25)14-5-6-16-11-22-23-19(16)9-14/h1-9,11,13H,10,12H2,(H,22,23). The lowest BCUT2D eigenvalue weighted by Crippen LogP contribution is -2.19. The molecule has 1 N–H and O–H groups in total. The van der Waals surface area contributed by atoms with E-state index in [-0.39, 0.29) is 5.56 Å². The van der Waals surface area contributed by atoms with E-state index in [1.807, 2.05) is 30.5 Å². The van der Waals surface area contributed by atoms with Gasteiger partial charge < -0.3 is 4.57 Å². The average molecular weight is 394 g/mol. The molecular weight excluding hydrogens is 378 g/mol. The van der Waals surface area contributed by atoms with Gasteiger partial charge in [0.15, 0.2) is 0 Å². The van der Waals surface area contributed by atoms with Crippen LogP contribution < -0.4 is 5.56 Å². The number of alkyl halides is 1. The molecule has 0 aliphatic carbocycles. The molecule has 0 fully saturated rings. The van der Waals surface area contributed by atoms with Crippen LogP contribution in [0.3, 0.4) is 0 Å². The van der Waals surface area contributed by atoms with Crippen LogP contribution in [0.4, 0.5) is 0 Å². The van der Waals surface area contributed by atoms with Crippen LogP contribution >= 0.6 is 15.9 Å². The molecule has 4 rings (SSSR count). The Labute approximate surface area is 153 Å². The molecule has 0 bridgehead atoms. The van der Waals surface area contributed by atoms with Crippen molar-refractivity contribution in [2.24, 2.45) is 0 Å². The Hall–Kier alpha value is -2.66. The van der Waals surface area contributed by atoms with Crippen molar-refractivity contribution < 1.29 is 0 Å². The number of H-pyrrole nitrogens is 1. The van der Waals surface area contributed by atoms with E-state index >= 15 is 0 Å². The number of hydrogen-bond donors (Lipinski definition) is 1. The molecule has 25 heavy (non-hydrogen) atoms. The van der Waals surface area contributed by atoms with Gasteiger partial charge in [-0.25, -0.2) is 0 Å². The van der Waals surface area contributed by atoms with E-state index < -0.39 is 0 Å². The second-order valence-electron chi connectivity index (χ2n) is 5.96. The van der Waals surface area contributed by atoms with E-state index in [0.717, 1.165) is 32.9 Å². The van der Waals surface area contributed by atoms with Crippen LogP contribution in [-0.4, -0.2) is 14.8 Å². The maximum Gasteiger partial charge on any atom is 0.250 e. The Morgan fingerprint density at radius 2 is 1.80 bits per heavy atom. The third-order valence-electron chi connectivity index (χ3n) is 4.36. The lowest BCUT2D eigenvalue weighted by Gasteiger charge is -2.11. The zero-order chi connectivity index (χ0) is 17.2. The normalized spacial score (nSPS) is 11.1. The van der Waals surface area contributed by atoms with E-state index in [0.29, 0.717) is 6.54 Å². The predicted molar refractivity (Wildman–Crippen MR) is 104 cm³/mol. The quantitative estimate of drug-likeness (QED) is 0.524. The molecule has 0 aliphatic rings. The molecule has 4 nitrogen and oxygen atoms in total. The topological polar surface area (TPSA) is 50.7 Å². The molecule has 0 spiro atoms. The number of rotatable bonds is 4. The first-order chi connectivity index (χ1) is 12.2. The minimum Gasteiger partial charge on any atom is -0.310 e. The largest absolute Gasteiger partial charge is 0.310 e. The van der Waals surface area contributed by atoms with Crippen molar-refractivity contribution in [3.05, 3.63) is 88.5 Å². The van der Waals surface area contributed by atoms with Crippen molar-refractivity contribution in [3.8, 4) is 11.1 Å². The van der Waals surface area contributed by atoms with Crippen molar-refractivity contribution >= 4 is 26.8 Å². The molecule has 124 valence electrons. The summed E-state index contributed by atoms with van der Waals surface area (Å²) in [7, 11) is 0. The van der Waals surface area contributed by atoms with E-state index in [4.69, 9.17) is 0 Å². The van der Waals surface area contributed by atoms with Gasteiger partial charge in [0.25, 0.3) is 5.56 Å². The highest BCUT2D eigenvalue weighted by atomic mass is 79.9. The number of pyridine rings is 1. The second-order valence-corrected chi connectivity index (χ2v) is 6.52. The van der Waals surface area contributed by atoms with Crippen molar-refractivity contribution in [1.82, 2.24) is 14.8 Å². The predicted octanol–water partition coefficient (Wildman–Crippen LogP) is 4.33. The van der Waals surface area contributed by atoms with E-state index in [9.17, 15) is 4.79 Å². The molecule has 2 aromatic heterocycles. The number of benzene rings is 2. The van der Waals surface area contributed by atoms with Gasteiger partial charge in [-0.05, 0) is 34.4 Å². The second kappa shape index (κ2) is 6.69. The summed E-state index contributed by atoms with van der Waals surface area (Å²) < 4.78 is 1.76. The fourth-order valence-corrected chi connectivity index (χ4v) is 3.51. The Balaban J connectivity index is 1.74. The molecule has 2 aromatic carbocycles. The average Bonchev–Trinajstić information content (AvgIpc) is 3.11. The molecule has 2 heterocycles. The molecule has 0 amide bonds. The summed E-state index contributed by atoms with van der Waals surface area (Å²) in [6.07, 6.45) is 3.72. The first-order valence-electron chi connectivity index (χ1n) is 8.01. The van der Waals surface area contributed by atoms with Crippen molar-refractivity contribution in [2.75, 3.05) is 0 Å². The van der Waals surface area contributed by atoms with Gasteiger partial charge in [-0.15, -0.1) is 0 Å². The van der Waals surface area contributed by atoms with Crippen LogP contribution in [0.2, 0.25) is 0 Å². The van der Waals surface area contributed by atoms with Gasteiger partial charge in [-0.1, -0.05) is 52.3 Å². The summed E-state index contributed by atoms with van der Waals surface area (Å²) in [4.78, 5) is 12.3. The molecule has 0 atom stereocenters. The minimum atomic E-state index is -0.00394. The lowest BCUT2D eigenvalue weighted by molar-refractivity contribution is 0.756. The molecule has 0 unspecified atom stereocenters. The highest BCUT2D eigenvalue weighted by molar-refractivity contribution is 9.08. The zero-order valence-corrected chi connectivity index (χ0v) is 15.0. The maximum atomic E-state index is 12.3. The number of nitrogens with zero attached hydrogens (tertiary/aromatic N) is 2. The van der Waals surface area contributed by atoms with Gasteiger partial charge in [-0.3, -0.25) is 9.89 Å². The molecular formula is C20H16BrN3O. The Kier molecular flexibility index (Phi) is 4.24. The van der Waals surface area contributed by atoms with Crippen LogP contribution in [0, 0.1) is 0 Å². The SMILES string of the molecule is O=c1ccc(-c2ccc3cn[nH]c3c2)cn1Cc1ccccc1CBr. The van der Waals surface area contributed by atoms with E-state index in [1.54, 1.807) is 16.8 Å². The summed E-state index contributed by atoms with van der Waals surface area (Å²) in [6, 6.07) is 17.8. The van der Waals surface area contributed by atoms with Crippen molar-refractivity contribution in [3.63, 3.8) is 0 Å². The zero-order valence-electron chi connectivity index (χ0n) is 13.4. The first-order valence-corrected chi connectivity index (χ1v) is 9.13.